The molecule has 2 aliphatic rings. The monoisotopic (exact) mass is 1060 g/mol. The minimum atomic E-state index is -4.41. The molecule has 380 valence electrons. The van der Waals surface area contributed by atoms with Gasteiger partial charge < -0.3 is 39.6 Å². The van der Waals surface area contributed by atoms with Crippen molar-refractivity contribution in [3.63, 3.8) is 0 Å². The molecule has 2 fully saturated rings. The maximum Gasteiger partial charge on any atom is 0.631 e. The van der Waals surface area contributed by atoms with Gasteiger partial charge in [0, 0.05) is 12.2 Å². The van der Waals surface area contributed by atoms with E-state index < -0.39 is 60.1 Å². The molecule has 2 unspecified atom stereocenters. The summed E-state index contributed by atoms with van der Waals surface area (Å²) in [7, 11) is -19.4. The molecule has 0 radical (unpaired) electrons. The minimum absolute atomic E-state index is 0.178. The van der Waals surface area contributed by atoms with E-state index in [9.17, 15) is 0 Å². The summed E-state index contributed by atoms with van der Waals surface area (Å²) < 4.78 is 68.5. The van der Waals surface area contributed by atoms with Crippen molar-refractivity contribution in [2.24, 2.45) is 0 Å². The summed E-state index contributed by atoms with van der Waals surface area (Å²) in [6, 6.07) is 82.4. The van der Waals surface area contributed by atoms with Crippen LogP contribution < -0.4 is 41.5 Å². The molecule has 0 amide bonds. The van der Waals surface area contributed by atoms with Gasteiger partial charge in [-0.05, 0) is 95.9 Å². The molecule has 8 aromatic rings. The fourth-order valence-electron chi connectivity index (χ4n) is 10.5. The fourth-order valence-corrected chi connectivity index (χ4v) is 30.2. The molecule has 0 aliphatic carbocycles. The third kappa shape index (κ3) is 11.4. The van der Waals surface area contributed by atoms with Crippen LogP contribution in [0.1, 0.15) is 54.4 Å². The average Bonchev–Trinajstić information content (AvgIpc) is 3.46. The molecule has 9 nitrogen and oxygen atoms in total. The lowest BCUT2D eigenvalue weighted by molar-refractivity contribution is -0.0567. The van der Waals surface area contributed by atoms with Gasteiger partial charge in [0.25, 0.3) is 0 Å². The van der Waals surface area contributed by atoms with Crippen molar-refractivity contribution in [2.45, 2.75) is 77.8 Å². The van der Waals surface area contributed by atoms with Gasteiger partial charge in [0.2, 0.25) is 0 Å². The molecular formula is C60H64B2O9Si4. The van der Waals surface area contributed by atoms with Crippen molar-refractivity contribution in [1.82, 2.24) is 0 Å². The first-order chi connectivity index (χ1) is 36.3. The molecule has 0 aromatic heterocycles. The number of hydrogen-bond acceptors (Lipinski definition) is 9. The van der Waals surface area contributed by atoms with E-state index in [2.05, 4.69) is 139 Å². The molecule has 0 spiro atoms. The summed E-state index contributed by atoms with van der Waals surface area (Å²) in [5.41, 5.74) is -1.14. The van der Waals surface area contributed by atoms with Gasteiger partial charge in [0.05, 0.1) is 11.2 Å². The maximum absolute atomic E-state index is 8.85. The van der Waals surface area contributed by atoms with E-state index in [1.165, 1.54) is 0 Å². The quantitative estimate of drug-likeness (QED) is 0.0825. The van der Waals surface area contributed by atoms with E-state index in [4.69, 9.17) is 39.6 Å². The van der Waals surface area contributed by atoms with Crippen LogP contribution >= 0.6 is 0 Å². The van der Waals surface area contributed by atoms with E-state index in [-0.39, 0.29) is 12.2 Å². The third-order valence-corrected chi connectivity index (χ3v) is 30.4. The zero-order chi connectivity index (χ0) is 52.0. The van der Waals surface area contributed by atoms with Gasteiger partial charge in [-0.2, -0.15) is 0 Å². The van der Waals surface area contributed by atoms with E-state index in [0.29, 0.717) is 12.8 Å². The van der Waals surface area contributed by atoms with Gasteiger partial charge in [-0.15, -0.1) is 0 Å². The van der Waals surface area contributed by atoms with Gasteiger partial charge in [-0.1, -0.05) is 243 Å². The van der Waals surface area contributed by atoms with Crippen molar-refractivity contribution in [3.05, 3.63) is 243 Å². The van der Waals surface area contributed by atoms with Crippen LogP contribution in [-0.2, 0) is 39.6 Å². The Morgan fingerprint density at radius 2 is 0.507 bits per heavy atom. The normalized spacial score (nSPS) is 18.1. The molecule has 2 atom stereocenters. The van der Waals surface area contributed by atoms with E-state index in [0.717, 1.165) is 41.5 Å². The topological polar surface area (TPSA) is 83.1 Å². The second kappa shape index (κ2) is 22.5. The lowest BCUT2D eigenvalue weighted by Crippen LogP contribution is -2.83. The van der Waals surface area contributed by atoms with Gasteiger partial charge in [-0.25, -0.2) is 0 Å². The molecule has 2 saturated heterocycles. The molecule has 2 aliphatic heterocycles. The van der Waals surface area contributed by atoms with Crippen molar-refractivity contribution >= 4 is 90.4 Å². The highest BCUT2D eigenvalue weighted by atomic mass is 28.5. The maximum atomic E-state index is 8.85. The zero-order valence-corrected chi connectivity index (χ0v) is 47.5. The van der Waals surface area contributed by atoms with Crippen LogP contribution in [0.5, 0.6) is 0 Å². The summed E-state index contributed by atoms with van der Waals surface area (Å²) in [6.45, 7) is 12.4. The van der Waals surface area contributed by atoms with Gasteiger partial charge in [0.15, 0.2) is 0 Å². The fraction of sp³-hybridized carbons (Fsp3) is 0.200. The first-order valence-electron chi connectivity index (χ1n) is 25.9. The molecule has 0 N–H and O–H groups in total. The van der Waals surface area contributed by atoms with E-state index >= 15 is 0 Å². The Morgan fingerprint density at radius 3 is 0.707 bits per heavy atom. The Morgan fingerprint density at radius 1 is 0.320 bits per heavy atom. The first-order valence-corrected chi connectivity index (χ1v) is 33.2. The highest BCUT2D eigenvalue weighted by Gasteiger charge is 2.65. The Kier molecular flexibility index (Phi) is 15.9. The van der Waals surface area contributed by atoms with Crippen LogP contribution in [0.15, 0.2) is 243 Å². The highest BCUT2D eigenvalue weighted by molar-refractivity contribution is 7.12. The van der Waals surface area contributed by atoms with Gasteiger partial charge >= 0.3 is 48.9 Å². The van der Waals surface area contributed by atoms with E-state index in [1.807, 2.05) is 146 Å². The van der Waals surface area contributed by atoms with Crippen LogP contribution in [0, 0.1) is 0 Å². The number of hydrogen-bond donors (Lipinski definition) is 0. The molecule has 10 rings (SSSR count). The Hall–Kier alpha value is -5.60. The Balaban J connectivity index is 1.31. The Labute approximate surface area is 448 Å². The lowest BCUT2D eigenvalue weighted by atomic mass is 9.95. The Bertz CT molecular complexity index is 2680. The van der Waals surface area contributed by atoms with Gasteiger partial charge in [0.1, 0.15) is 0 Å². The van der Waals surface area contributed by atoms with Crippen LogP contribution in [0.2, 0.25) is 0 Å². The molecule has 15 heteroatoms. The second-order valence-corrected chi connectivity index (χ2v) is 33.0. The van der Waals surface area contributed by atoms with Crippen LogP contribution in [0.25, 0.3) is 0 Å². The largest absolute Gasteiger partial charge is 0.631 e. The van der Waals surface area contributed by atoms with Crippen molar-refractivity contribution in [2.75, 3.05) is 0 Å². The summed E-state index contributed by atoms with van der Waals surface area (Å²) in [5.74, 6) is 0. The lowest BCUT2D eigenvalue weighted by Gasteiger charge is -2.49. The average molecular weight is 1060 g/mol. The predicted octanol–water partition coefficient (Wildman–Crippen LogP) is 7.27. The van der Waals surface area contributed by atoms with E-state index in [1.54, 1.807) is 0 Å². The SMILES string of the molecule is CC1CC(C)(C)OB(O[Si](O[Si](O[Si](O[Si](OB2OC(C)CC(C)(C)O2)(c2ccccc2)c2ccccc2)(c2ccccc2)c2ccccc2)(c2ccccc2)c2ccccc2)(c2ccccc2)c2ccccc2)O1. The number of benzene rings is 8. The van der Waals surface area contributed by atoms with Crippen molar-refractivity contribution in [3.8, 4) is 0 Å². The molecule has 8 aromatic carbocycles. The molecular weight excluding hydrogens is 999 g/mol. The van der Waals surface area contributed by atoms with Crippen molar-refractivity contribution in [1.29, 1.82) is 0 Å². The molecule has 0 bridgehead atoms. The van der Waals surface area contributed by atoms with Crippen LogP contribution in [0.3, 0.4) is 0 Å². The van der Waals surface area contributed by atoms with Crippen molar-refractivity contribution < 1.29 is 39.6 Å². The summed E-state index contributed by atoms with van der Waals surface area (Å²) in [6.07, 6.45) is 1.00. The minimum Gasteiger partial charge on any atom is -0.402 e. The summed E-state index contributed by atoms with van der Waals surface area (Å²) in [4.78, 5) is 0. The number of rotatable bonds is 18. The van der Waals surface area contributed by atoms with Gasteiger partial charge in [-0.3, -0.25) is 0 Å². The molecule has 2 heterocycles. The summed E-state index contributed by atoms with van der Waals surface area (Å²) in [5, 5.41) is 6.67. The first kappa shape index (κ1) is 52.8. The molecule has 75 heavy (non-hydrogen) atoms. The van der Waals surface area contributed by atoms with Crippen LogP contribution in [-0.4, -0.2) is 72.3 Å². The second-order valence-electron chi connectivity index (χ2n) is 20.6. The third-order valence-electron chi connectivity index (χ3n) is 13.7. The van der Waals surface area contributed by atoms with Crippen LogP contribution in [0.4, 0.5) is 0 Å². The highest BCUT2D eigenvalue weighted by Crippen LogP contribution is 2.33. The smallest absolute Gasteiger partial charge is 0.402 e. The predicted molar refractivity (Wildman–Crippen MR) is 309 cm³/mol. The summed E-state index contributed by atoms with van der Waals surface area (Å²) >= 11 is 0. The zero-order valence-electron chi connectivity index (χ0n) is 43.5. The standard InChI is InChI=1S/C60H64B2O9Si4/c1-49-47-59(3,4)65-61(63-49)67-72(51-31-15-7-16-32-51,52-33-17-8-18-34-52)69-74(55-39-23-11-24-40-55,56-41-25-12-26-42-56)71-75(57-43-27-13-28-44-57,58-45-29-14-30-46-58)70-73(53-35-19-9-20-36-53,54-37-21-10-22-38-54)68-62-64-50(2)48-60(5,6)66-62/h7-46,49-50H,47-48H2,1-6H3. The molecule has 0 saturated carbocycles.